The molecule has 0 bridgehead atoms. The Bertz CT molecular complexity index is 337. The van der Waals surface area contributed by atoms with Crippen LogP contribution >= 0.6 is 0 Å². The molecule has 3 heteroatoms. The smallest absolute Gasteiger partial charge is 0.226 e. The summed E-state index contributed by atoms with van der Waals surface area (Å²) in [5, 5.41) is 13.8. The highest BCUT2D eigenvalue weighted by Gasteiger charge is 2.42. The molecule has 0 saturated heterocycles. The third kappa shape index (κ3) is 4.45. The van der Waals surface area contributed by atoms with Crippen LogP contribution in [0.4, 0.5) is 0 Å². The minimum Gasteiger partial charge on any atom is -0.388 e. The monoisotopic (exact) mass is 295 g/mol. The van der Waals surface area contributed by atoms with E-state index in [1.165, 1.54) is 25.7 Å². The molecule has 1 amide bonds. The lowest BCUT2D eigenvalue weighted by Gasteiger charge is -2.33. The summed E-state index contributed by atoms with van der Waals surface area (Å²) < 4.78 is 0. The molecule has 0 aromatic heterocycles. The van der Waals surface area contributed by atoms with Crippen molar-refractivity contribution in [3.63, 3.8) is 0 Å². The Kier molecular flexibility index (Phi) is 5.70. The average molecular weight is 295 g/mol. The fourth-order valence-corrected chi connectivity index (χ4v) is 4.35. The van der Waals surface area contributed by atoms with Crippen molar-refractivity contribution >= 4 is 5.91 Å². The Morgan fingerprint density at radius 2 is 1.52 bits per heavy atom. The van der Waals surface area contributed by atoms with Gasteiger partial charge in [0.2, 0.25) is 5.91 Å². The van der Waals surface area contributed by atoms with Crippen molar-refractivity contribution in [3.05, 3.63) is 0 Å². The maximum Gasteiger partial charge on any atom is 0.226 e. The van der Waals surface area contributed by atoms with E-state index in [-0.39, 0.29) is 11.3 Å². The lowest BCUT2D eigenvalue weighted by Crippen LogP contribution is -2.48. The highest BCUT2D eigenvalue weighted by molar-refractivity contribution is 5.83. The Morgan fingerprint density at radius 3 is 2.05 bits per heavy atom. The van der Waals surface area contributed by atoms with E-state index >= 15 is 0 Å². The molecule has 2 aliphatic carbocycles. The summed E-state index contributed by atoms with van der Waals surface area (Å²) in [5.41, 5.74) is -0.820. The van der Waals surface area contributed by atoms with Crippen molar-refractivity contribution in [3.8, 4) is 0 Å². The molecule has 0 radical (unpaired) electrons. The van der Waals surface area contributed by atoms with Crippen LogP contribution in [0.25, 0.3) is 0 Å². The summed E-state index contributed by atoms with van der Waals surface area (Å²) >= 11 is 0. The molecular formula is C18H33NO2. The SMILES string of the molecule is CC(C)CC1(C(=O)NCC2(O)CCCCCC2)CCCC1. The van der Waals surface area contributed by atoms with Gasteiger partial charge in [-0.25, -0.2) is 0 Å². The number of carbonyl (C=O) groups is 1. The van der Waals surface area contributed by atoms with Crippen LogP contribution in [0.2, 0.25) is 0 Å². The molecule has 2 fully saturated rings. The number of rotatable bonds is 5. The first-order valence-corrected chi connectivity index (χ1v) is 8.97. The molecular weight excluding hydrogens is 262 g/mol. The van der Waals surface area contributed by atoms with Gasteiger partial charge in [0.1, 0.15) is 0 Å². The van der Waals surface area contributed by atoms with Gasteiger partial charge in [-0.2, -0.15) is 0 Å². The van der Waals surface area contributed by atoms with Crippen LogP contribution in [0.3, 0.4) is 0 Å². The average Bonchev–Trinajstić information content (AvgIpc) is 2.78. The zero-order chi connectivity index (χ0) is 15.3. The zero-order valence-corrected chi connectivity index (χ0v) is 13.9. The van der Waals surface area contributed by atoms with Gasteiger partial charge in [-0.15, -0.1) is 0 Å². The van der Waals surface area contributed by atoms with E-state index in [1.807, 2.05) is 0 Å². The molecule has 2 rings (SSSR count). The zero-order valence-electron chi connectivity index (χ0n) is 13.9. The molecule has 0 aromatic rings. The third-order valence-corrected chi connectivity index (χ3v) is 5.45. The van der Waals surface area contributed by atoms with Crippen molar-refractivity contribution in [2.45, 2.75) is 90.1 Å². The Labute approximate surface area is 129 Å². The van der Waals surface area contributed by atoms with Crippen LogP contribution in [0.5, 0.6) is 0 Å². The topological polar surface area (TPSA) is 49.3 Å². The van der Waals surface area contributed by atoms with E-state index < -0.39 is 5.60 Å². The van der Waals surface area contributed by atoms with Gasteiger partial charge in [0.25, 0.3) is 0 Å². The molecule has 2 saturated carbocycles. The number of aliphatic hydroxyl groups is 1. The maximum atomic E-state index is 12.8. The predicted molar refractivity (Wildman–Crippen MR) is 86.0 cm³/mol. The van der Waals surface area contributed by atoms with Crippen molar-refractivity contribution < 1.29 is 9.90 Å². The van der Waals surface area contributed by atoms with E-state index in [0.29, 0.717) is 12.5 Å². The van der Waals surface area contributed by atoms with Crippen molar-refractivity contribution in [1.82, 2.24) is 5.32 Å². The molecule has 0 unspecified atom stereocenters. The minimum absolute atomic E-state index is 0.157. The molecule has 0 spiro atoms. The number of amides is 1. The van der Waals surface area contributed by atoms with E-state index in [4.69, 9.17) is 0 Å². The minimum atomic E-state index is -0.663. The van der Waals surface area contributed by atoms with Gasteiger partial charge in [0, 0.05) is 12.0 Å². The number of hydrogen-bond acceptors (Lipinski definition) is 2. The van der Waals surface area contributed by atoms with Gasteiger partial charge >= 0.3 is 0 Å². The molecule has 21 heavy (non-hydrogen) atoms. The standard InChI is InChI=1S/C18H33NO2/c1-15(2)13-17(9-7-8-10-17)16(20)19-14-18(21)11-5-3-4-6-12-18/h15,21H,3-14H2,1-2H3,(H,19,20). The third-order valence-electron chi connectivity index (χ3n) is 5.45. The molecule has 3 nitrogen and oxygen atoms in total. The summed E-state index contributed by atoms with van der Waals surface area (Å²) in [5.74, 6) is 0.751. The van der Waals surface area contributed by atoms with Crippen molar-refractivity contribution in [2.75, 3.05) is 6.54 Å². The summed E-state index contributed by atoms with van der Waals surface area (Å²) in [6, 6.07) is 0. The Morgan fingerprint density at radius 1 is 1.00 bits per heavy atom. The van der Waals surface area contributed by atoms with Gasteiger partial charge in [-0.3, -0.25) is 4.79 Å². The molecule has 0 heterocycles. The first-order valence-electron chi connectivity index (χ1n) is 8.97. The molecule has 0 aromatic carbocycles. The Balaban J connectivity index is 1.92. The van der Waals surface area contributed by atoms with Crippen LogP contribution in [0.1, 0.15) is 84.5 Å². The molecule has 0 atom stereocenters. The maximum absolute atomic E-state index is 12.8. The molecule has 0 aliphatic heterocycles. The summed E-state index contributed by atoms with van der Waals surface area (Å²) in [7, 11) is 0. The lowest BCUT2D eigenvalue weighted by atomic mass is 9.77. The van der Waals surface area contributed by atoms with Crippen molar-refractivity contribution in [1.29, 1.82) is 0 Å². The van der Waals surface area contributed by atoms with Gasteiger partial charge in [-0.1, -0.05) is 52.4 Å². The second kappa shape index (κ2) is 7.13. The molecule has 122 valence electrons. The van der Waals surface area contributed by atoms with Crippen LogP contribution in [-0.4, -0.2) is 23.2 Å². The van der Waals surface area contributed by atoms with Gasteiger partial charge in [-0.05, 0) is 38.0 Å². The highest BCUT2D eigenvalue weighted by Crippen LogP contribution is 2.43. The number of carbonyl (C=O) groups excluding carboxylic acids is 1. The van der Waals surface area contributed by atoms with E-state index in [9.17, 15) is 9.90 Å². The molecule has 2 N–H and O–H groups in total. The van der Waals surface area contributed by atoms with Gasteiger partial charge in [0.15, 0.2) is 0 Å². The predicted octanol–water partition coefficient (Wildman–Crippen LogP) is 3.79. The molecule has 2 aliphatic rings. The normalized spacial score (nSPS) is 24.8. The van der Waals surface area contributed by atoms with Crippen LogP contribution in [-0.2, 0) is 4.79 Å². The number of hydrogen-bond donors (Lipinski definition) is 2. The van der Waals surface area contributed by atoms with Crippen LogP contribution in [0.15, 0.2) is 0 Å². The first kappa shape index (κ1) is 16.8. The van der Waals surface area contributed by atoms with Gasteiger partial charge < -0.3 is 10.4 Å². The van der Waals surface area contributed by atoms with Crippen LogP contribution < -0.4 is 5.32 Å². The summed E-state index contributed by atoms with van der Waals surface area (Å²) in [4.78, 5) is 12.8. The first-order chi connectivity index (χ1) is 9.96. The van der Waals surface area contributed by atoms with Crippen LogP contribution in [0, 0.1) is 11.3 Å². The quantitative estimate of drug-likeness (QED) is 0.758. The van der Waals surface area contributed by atoms with Crippen molar-refractivity contribution in [2.24, 2.45) is 11.3 Å². The largest absolute Gasteiger partial charge is 0.388 e. The number of nitrogens with one attached hydrogen (secondary N) is 1. The Hall–Kier alpha value is -0.570. The second-order valence-corrected chi connectivity index (χ2v) is 7.91. The highest BCUT2D eigenvalue weighted by atomic mass is 16.3. The van der Waals surface area contributed by atoms with E-state index in [1.54, 1.807) is 0 Å². The van der Waals surface area contributed by atoms with Gasteiger partial charge in [0.05, 0.1) is 5.60 Å². The second-order valence-electron chi connectivity index (χ2n) is 7.91. The fraction of sp³-hybridized carbons (Fsp3) is 0.944. The summed E-state index contributed by atoms with van der Waals surface area (Å²) in [6.07, 6.45) is 11.7. The summed E-state index contributed by atoms with van der Waals surface area (Å²) in [6.45, 7) is 4.85. The van der Waals surface area contributed by atoms with E-state index in [2.05, 4.69) is 19.2 Å². The fourth-order valence-electron chi connectivity index (χ4n) is 4.35. The van der Waals surface area contributed by atoms with E-state index in [0.717, 1.165) is 44.9 Å². The lowest BCUT2D eigenvalue weighted by molar-refractivity contribution is -0.133.